The van der Waals surface area contributed by atoms with Gasteiger partial charge in [0.1, 0.15) is 0 Å². The van der Waals surface area contributed by atoms with E-state index >= 15 is 0 Å². The van der Waals surface area contributed by atoms with Crippen molar-refractivity contribution in [3.8, 4) is 0 Å². The molecule has 1 heterocycles. The van der Waals surface area contributed by atoms with E-state index in [1.54, 1.807) is 0 Å². The molecule has 0 spiro atoms. The molecule has 1 fully saturated rings. The third-order valence-electron chi connectivity index (χ3n) is 4.88. The number of hydrogen-bond donors (Lipinski definition) is 1. The first-order valence-corrected chi connectivity index (χ1v) is 10.6. The second-order valence-electron chi connectivity index (χ2n) is 7.12. The highest BCUT2D eigenvalue weighted by Gasteiger charge is 2.15. The molecule has 3 rings (SSSR count). The van der Waals surface area contributed by atoms with E-state index in [1.165, 1.54) is 5.56 Å². The summed E-state index contributed by atoms with van der Waals surface area (Å²) in [7, 11) is 0. The molecule has 1 aliphatic heterocycles. The Morgan fingerprint density at radius 3 is 2.71 bits per heavy atom. The van der Waals surface area contributed by atoms with Gasteiger partial charge in [-0.3, -0.25) is 4.90 Å². The Bertz CT molecular complexity index is 780. The molecule has 28 heavy (non-hydrogen) atoms. The fourth-order valence-electron chi connectivity index (χ4n) is 3.32. The Morgan fingerprint density at radius 2 is 1.96 bits per heavy atom. The van der Waals surface area contributed by atoms with Crippen LogP contribution < -0.4 is 5.32 Å². The van der Waals surface area contributed by atoms with E-state index in [0.717, 1.165) is 67.2 Å². The smallest absolute Gasteiger partial charge is 0.173 e. The largest absolute Gasteiger partial charge is 0.379 e. The molecule has 0 unspecified atom stereocenters. The van der Waals surface area contributed by atoms with E-state index < -0.39 is 0 Å². The molecule has 0 saturated carbocycles. The number of halogens is 1. The summed E-state index contributed by atoms with van der Waals surface area (Å²) in [5.41, 5.74) is 3.31. The third-order valence-corrected chi connectivity index (χ3v) is 5.61. The maximum absolute atomic E-state index is 6.40. The number of rotatable bonds is 7. The molecule has 2 aromatic carbocycles. The van der Waals surface area contributed by atoms with Gasteiger partial charge in [-0.1, -0.05) is 41.9 Å². The average Bonchev–Trinajstić information content (AvgIpc) is 2.69. The van der Waals surface area contributed by atoms with Crippen LogP contribution in [0.25, 0.3) is 0 Å². The molecular formula is C22H28ClN3OS. The summed E-state index contributed by atoms with van der Waals surface area (Å²) >= 11 is 12.1. The Morgan fingerprint density at radius 1 is 1.18 bits per heavy atom. The Hall–Kier alpha value is -1.66. The molecule has 0 aromatic heterocycles. The molecule has 1 N–H and O–H groups in total. The predicted octanol–water partition coefficient (Wildman–Crippen LogP) is 4.57. The number of aryl methyl sites for hydroxylation is 1. The van der Waals surface area contributed by atoms with Crippen LogP contribution in [0.1, 0.15) is 17.5 Å². The van der Waals surface area contributed by atoms with Gasteiger partial charge in [0.2, 0.25) is 0 Å². The van der Waals surface area contributed by atoms with E-state index in [-0.39, 0.29) is 0 Å². The van der Waals surface area contributed by atoms with Gasteiger partial charge in [0.15, 0.2) is 5.11 Å². The van der Waals surface area contributed by atoms with E-state index in [9.17, 15) is 0 Å². The van der Waals surface area contributed by atoms with Gasteiger partial charge < -0.3 is 15.0 Å². The predicted molar refractivity (Wildman–Crippen MR) is 121 cm³/mol. The number of morpholine rings is 1. The number of anilines is 1. The first-order valence-electron chi connectivity index (χ1n) is 9.78. The van der Waals surface area contributed by atoms with Crippen LogP contribution in [0.3, 0.4) is 0 Å². The van der Waals surface area contributed by atoms with Crippen LogP contribution >= 0.6 is 23.8 Å². The Balaban J connectivity index is 1.64. The minimum Gasteiger partial charge on any atom is -0.379 e. The van der Waals surface area contributed by atoms with Crippen LogP contribution in [0.15, 0.2) is 48.5 Å². The summed E-state index contributed by atoms with van der Waals surface area (Å²) in [6.45, 7) is 8.38. The van der Waals surface area contributed by atoms with Gasteiger partial charge >= 0.3 is 0 Å². The topological polar surface area (TPSA) is 27.7 Å². The first kappa shape index (κ1) is 21.1. The summed E-state index contributed by atoms with van der Waals surface area (Å²) in [4.78, 5) is 4.66. The van der Waals surface area contributed by atoms with Crippen molar-refractivity contribution in [2.75, 3.05) is 44.7 Å². The first-order chi connectivity index (χ1) is 13.6. The van der Waals surface area contributed by atoms with Crippen LogP contribution in [0, 0.1) is 6.92 Å². The van der Waals surface area contributed by atoms with Crippen molar-refractivity contribution in [3.63, 3.8) is 0 Å². The summed E-state index contributed by atoms with van der Waals surface area (Å²) in [5, 5.41) is 4.90. The molecule has 0 radical (unpaired) electrons. The second-order valence-corrected chi connectivity index (χ2v) is 7.91. The number of thiocarbonyl (C=S) groups is 1. The zero-order valence-electron chi connectivity index (χ0n) is 16.4. The minimum absolute atomic E-state index is 0.695. The standard InChI is InChI=1S/C22H28ClN3OS/c1-18-6-4-8-20(16-18)24-22(28)26(17-19-7-2-3-9-21(19)23)11-5-10-25-12-14-27-15-13-25/h2-4,6-9,16H,5,10-15,17H2,1H3,(H,24,28). The maximum atomic E-state index is 6.40. The van der Waals surface area contributed by atoms with Gasteiger partial charge in [-0.15, -0.1) is 0 Å². The summed E-state index contributed by atoms with van der Waals surface area (Å²) in [6.07, 6.45) is 1.04. The van der Waals surface area contributed by atoms with Crippen LogP contribution in [-0.4, -0.2) is 54.3 Å². The summed E-state index contributed by atoms with van der Waals surface area (Å²) < 4.78 is 5.44. The highest BCUT2D eigenvalue weighted by atomic mass is 35.5. The quantitative estimate of drug-likeness (QED) is 0.666. The van der Waals surface area contributed by atoms with Crippen molar-refractivity contribution in [3.05, 3.63) is 64.7 Å². The molecule has 0 aliphatic carbocycles. The van der Waals surface area contributed by atoms with Crippen molar-refractivity contribution in [2.45, 2.75) is 19.9 Å². The van der Waals surface area contributed by atoms with Crippen LogP contribution in [0.5, 0.6) is 0 Å². The highest BCUT2D eigenvalue weighted by molar-refractivity contribution is 7.80. The van der Waals surface area contributed by atoms with Crippen molar-refractivity contribution >= 4 is 34.6 Å². The van der Waals surface area contributed by atoms with Crippen molar-refractivity contribution < 1.29 is 4.74 Å². The van der Waals surface area contributed by atoms with Gasteiger partial charge in [-0.2, -0.15) is 0 Å². The molecule has 0 atom stereocenters. The fraction of sp³-hybridized carbons (Fsp3) is 0.409. The zero-order valence-corrected chi connectivity index (χ0v) is 17.9. The highest BCUT2D eigenvalue weighted by Crippen LogP contribution is 2.19. The van der Waals surface area contributed by atoms with Crippen LogP contribution in [0.2, 0.25) is 5.02 Å². The second kappa shape index (κ2) is 10.8. The molecule has 0 bridgehead atoms. The molecule has 0 amide bonds. The molecule has 150 valence electrons. The van der Waals surface area contributed by atoms with Crippen molar-refractivity contribution in [2.24, 2.45) is 0 Å². The molecule has 6 heteroatoms. The molecule has 1 saturated heterocycles. The lowest BCUT2D eigenvalue weighted by atomic mass is 10.2. The third kappa shape index (κ3) is 6.45. The van der Waals surface area contributed by atoms with Crippen molar-refractivity contribution in [1.29, 1.82) is 0 Å². The molecule has 1 aliphatic rings. The monoisotopic (exact) mass is 417 g/mol. The van der Waals surface area contributed by atoms with E-state index in [2.05, 4.69) is 40.2 Å². The van der Waals surface area contributed by atoms with Gasteiger partial charge in [-0.05, 0) is 54.9 Å². The molecule has 2 aromatic rings. The van der Waals surface area contributed by atoms with Gasteiger partial charge in [0, 0.05) is 43.4 Å². The Labute approximate surface area is 178 Å². The average molecular weight is 418 g/mol. The maximum Gasteiger partial charge on any atom is 0.173 e. The lowest BCUT2D eigenvalue weighted by molar-refractivity contribution is 0.0368. The van der Waals surface area contributed by atoms with Crippen LogP contribution in [-0.2, 0) is 11.3 Å². The number of nitrogens with one attached hydrogen (secondary N) is 1. The van der Waals surface area contributed by atoms with Gasteiger partial charge in [0.25, 0.3) is 0 Å². The number of nitrogens with zero attached hydrogens (tertiary/aromatic N) is 2. The minimum atomic E-state index is 0.695. The van der Waals surface area contributed by atoms with Gasteiger partial charge in [0.05, 0.1) is 13.2 Å². The zero-order chi connectivity index (χ0) is 19.8. The van der Waals surface area contributed by atoms with E-state index in [1.807, 2.05) is 30.3 Å². The number of hydrogen-bond acceptors (Lipinski definition) is 3. The normalized spacial score (nSPS) is 14.6. The van der Waals surface area contributed by atoms with Crippen molar-refractivity contribution in [1.82, 2.24) is 9.80 Å². The lowest BCUT2D eigenvalue weighted by Gasteiger charge is -2.30. The van der Waals surface area contributed by atoms with E-state index in [0.29, 0.717) is 6.54 Å². The lowest BCUT2D eigenvalue weighted by Crippen LogP contribution is -2.40. The summed E-state index contributed by atoms with van der Waals surface area (Å²) in [6, 6.07) is 16.2. The van der Waals surface area contributed by atoms with Gasteiger partial charge in [-0.25, -0.2) is 0 Å². The molecular weight excluding hydrogens is 390 g/mol. The number of ether oxygens (including phenoxy) is 1. The summed E-state index contributed by atoms with van der Waals surface area (Å²) in [5.74, 6) is 0. The SMILES string of the molecule is Cc1cccc(NC(=S)N(CCCN2CCOCC2)Cc2ccccc2Cl)c1. The molecule has 4 nitrogen and oxygen atoms in total. The Kier molecular flexibility index (Phi) is 8.10. The van der Waals surface area contributed by atoms with Crippen LogP contribution in [0.4, 0.5) is 5.69 Å². The fourth-order valence-corrected chi connectivity index (χ4v) is 3.79. The van der Waals surface area contributed by atoms with E-state index in [4.69, 9.17) is 28.6 Å². The number of benzene rings is 2.